The predicted octanol–water partition coefficient (Wildman–Crippen LogP) is 1.14. The first kappa shape index (κ1) is 16.6. The second-order valence-corrected chi connectivity index (χ2v) is 6.58. The van der Waals surface area contributed by atoms with Gasteiger partial charge in [-0.25, -0.2) is 4.98 Å². The molecular formula is C15H22N4O2S. The maximum Gasteiger partial charge on any atom is 0.262 e. The molecule has 0 saturated carbocycles. The van der Waals surface area contributed by atoms with Gasteiger partial charge in [0.25, 0.3) is 5.56 Å². The number of carbonyl (C=O) groups is 1. The molecule has 1 amide bonds. The molecule has 2 aromatic rings. The van der Waals surface area contributed by atoms with Crippen LogP contribution in [0.4, 0.5) is 0 Å². The van der Waals surface area contributed by atoms with Crippen molar-refractivity contribution in [3.63, 3.8) is 0 Å². The lowest BCUT2D eigenvalue weighted by atomic mass is 10.2. The normalized spacial score (nSPS) is 11.1. The van der Waals surface area contributed by atoms with Crippen LogP contribution in [0.25, 0.3) is 10.2 Å². The van der Waals surface area contributed by atoms with E-state index in [1.165, 1.54) is 15.9 Å². The Balaban J connectivity index is 2.12. The topological polar surface area (TPSA) is 67.2 Å². The van der Waals surface area contributed by atoms with E-state index in [1.54, 1.807) is 18.3 Å². The number of hydrogen-bond acceptors (Lipinski definition) is 5. The van der Waals surface area contributed by atoms with Gasteiger partial charge in [0.15, 0.2) is 0 Å². The highest BCUT2D eigenvalue weighted by atomic mass is 32.1. The molecule has 0 aliphatic carbocycles. The van der Waals surface area contributed by atoms with E-state index in [4.69, 9.17) is 0 Å². The number of aromatic nitrogens is 2. The molecule has 120 valence electrons. The van der Waals surface area contributed by atoms with E-state index >= 15 is 0 Å². The predicted molar refractivity (Wildman–Crippen MR) is 89.5 cm³/mol. The van der Waals surface area contributed by atoms with Crippen molar-refractivity contribution in [2.45, 2.75) is 26.8 Å². The van der Waals surface area contributed by atoms with Gasteiger partial charge in [-0.3, -0.25) is 14.2 Å². The highest BCUT2D eigenvalue weighted by Crippen LogP contribution is 2.25. The molecule has 2 aromatic heterocycles. The van der Waals surface area contributed by atoms with Crippen LogP contribution in [0.5, 0.6) is 0 Å². The minimum Gasteiger partial charge on any atom is -0.344 e. The number of rotatable bonds is 6. The van der Waals surface area contributed by atoms with Gasteiger partial charge < -0.3 is 10.2 Å². The molecule has 7 heteroatoms. The number of thiophene rings is 1. The van der Waals surface area contributed by atoms with Crippen LogP contribution in [-0.2, 0) is 11.3 Å². The lowest BCUT2D eigenvalue weighted by Gasteiger charge is -2.17. The molecule has 0 unspecified atom stereocenters. The summed E-state index contributed by atoms with van der Waals surface area (Å²) in [6.45, 7) is 5.70. The molecule has 0 radical (unpaired) electrons. The van der Waals surface area contributed by atoms with Crippen molar-refractivity contribution in [2.24, 2.45) is 0 Å². The second kappa shape index (κ2) is 7.02. The molecule has 0 atom stereocenters. The van der Waals surface area contributed by atoms with Crippen molar-refractivity contribution >= 4 is 27.5 Å². The van der Waals surface area contributed by atoms with E-state index in [1.807, 2.05) is 20.9 Å². The summed E-state index contributed by atoms with van der Waals surface area (Å²) < 4.78 is 1.53. The van der Waals surface area contributed by atoms with Crippen LogP contribution < -0.4 is 10.9 Å². The molecule has 0 saturated heterocycles. The average molecular weight is 322 g/mol. The molecule has 6 nitrogen and oxygen atoms in total. The lowest BCUT2D eigenvalue weighted by molar-refractivity contribution is -0.130. The van der Waals surface area contributed by atoms with Gasteiger partial charge in [-0.2, -0.15) is 0 Å². The van der Waals surface area contributed by atoms with Gasteiger partial charge in [-0.15, -0.1) is 11.3 Å². The van der Waals surface area contributed by atoms with Crippen LogP contribution in [-0.4, -0.2) is 47.5 Å². The zero-order chi connectivity index (χ0) is 16.3. The Morgan fingerprint density at radius 1 is 1.45 bits per heavy atom. The number of hydrogen-bond donors (Lipinski definition) is 1. The molecule has 2 rings (SSSR count). The van der Waals surface area contributed by atoms with Gasteiger partial charge in [0.1, 0.15) is 4.83 Å². The third-order valence-corrected chi connectivity index (χ3v) is 4.96. The number of carbonyl (C=O) groups excluding carboxylic acids is 1. The molecule has 2 heterocycles. The Morgan fingerprint density at radius 3 is 2.86 bits per heavy atom. The Labute approximate surface area is 133 Å². The average Bonchev–Trinajstić information content (AvgIpc) is 2.79. The Morgan fingerprint density at radius 2 is 2.18 bits per heavy atom. The Hall–Kier alpha value is -1.73. The van der Waals surface area contributed by atoms with Crippen LogP contribution in [0, 0.1) is 13.8 Å². The zero-order valence-electron chi connectivity index (χ0n) is 13.5. The van der Waals surface area contributed by atoms with E-state index in [0.29, 0.717) is 24.9 Å². The number of nitrogens with one attached hydrogen (secondary N) is 1. The van der Waals surface area contributed by atoms with Crippen molar-refractivity contribution < 1.29 is 4.79 Å². The van der Waals surface area contributed by atoms with Crippen molar-refractivity contribution in [2.75, 3.05) is 27.2 Å². The van der Waals surface area contributed by atoms with E-state index in [2.05, 4.69) is 10.3 Å². The van der Waals surface area contributed by atoms with Crippen molar-refractivity contribution in [3.05, 3.63) is 27.1 Å². The summed E-state index contributed by atoms with van der Waals surface area (Å²) in [6, 6.07) is 0. The minimum absolute atomic E-state index is 0.0282. The number of amides is 1. The van der Waals surface area contributed by atoms with E-state index in [9.17, 15) is 9.59 Å². The molecule has 0 bridgehead atoms. The summed E-state index contributed by atoms with van der Waals surface area (Å²) >= 11 is 1.53. The summed E-state index contributed by atoms with van der Waals surface area (Å²) in [4.78, 5) is 32.4. The van der Waals surface area contributed by atoms with Crippen LogP contribution in [0.3, 0.4) is 0 Å². The monoisotopic (exact) mass is 322 g/mol. The lowest BCUT2D eigenvalue weighted by Crippen LogP contribution is -2.34. The van der Waals surface area contributed by atoms with Crippen molar-refractivity contribution in [1.82, 2.24) is 19.8 Å². The maximum atomic E-state index is 12.5. The minimum atomic E-state index is -0.0578. The molecule has 0 aliphatic heterocycles. The number of likely N-dealkylation sites (N-methyl/N-ethyl adjacent to an activating group) is 2. The molecule has 1 N–H and O–H groups in total. The summed E-state index contributed by atoms with van der Waals surface area (Å²) in [5.41, 5.74) is 0.932. The highest BCUT2D eigenvalue weighted by molar-refractivity contribution is 7.18. The molecular weight excluding hydrogens is 300 g/mol. The third-order valence-electron chi connectivity index (χ3n) is 3.85. The first-order valence-corrected chi connectivity index (χ1v) is 8.11. The third kappa shape index (κ3) is 3.36. The molecule has 0 spiro atoms. The maximum absolute atomic E-state index is 12.5. The Bertz CT molecular complexity index is 735. The van der Waals surface area contributed by atoms with Gasteiger partial charge in [0.05, 0.1) is 11.7 Å². The smallest absolute Gasteiger partial charge is 0.262 e. The van der Waals surface area contributed by atoms with Crippen molar-refractivity contribution in [3.8, 4) is 0 Å². The second-order valence-electron chi connectivity index (χ2n) is 5.38. The number of aryl methyl sites for hydroxylation is 3. The fourth-order valence-corrected chi connectivity index (χ4v) is 3.23. The van der Waals surface area contributed by atoms with Crippen LogP contribution in [0.2, 0.25) is 0 Å². The highest BCUT2D eigenvalue weighted by Gasteiger charge is 2.13. The summed E-state index contributed by atoms with van der Waals surface area (Å²) in [6.07, 6.45) is 1.84. The van der Waals surface area contributed by atoms with Crippen LogP contribution in [0.15, 0.2) is 11.1 Å². The molecule has 0 aliphatic rings. The summed E-state index contributed by atoms with van der Waals surface area (Å²) in [5, 5.41) is 3.69. The fourth-order valence-electron chi connectivity index (χ4n) is 2.24. The van der Waals surface area contributed by atoms with Crippen LogP contribution >= 0.6 is 11.3 Å². The Kier molecular flexibility index (Phi) is 5.31. The summed E-state index contributed by atoms with van der Waals surface area (Å²) in [7, 11) is 3.63. The summed E-state index contributed by atoms with van der Waals surface area (Å²) in [5.74, 6) is 0.0282. The number of fused-ring (bicyclic) bond motifs is 1. The van der Waals surface area contributed by atoms with Gasteiger partial charge >= 0.3 is 0 Å². The SMILES string of the molecule is CNCCN(C)C(=O)CCn1cnc2sc(C)c(C)c2c1=O. The van der Waals surface area contributed by atoms with E-state index in [-0.39, 0.29) is 11.5 Å². The van der Waals surface area contributed by atoms with Crippen LogP contribution in [0.1, 0.15) is 16.9 Å². The quantitative estimate of drug-likeness (QED) is 0.866. The molecule has 22 heavy (non-hydrogen) atoms. The standard InChI is InChI=1S/C15H22N4O2S/c1-10-11(2)22-14-13(10)15(21)19(9-17-14)7-5-12(20)18(4)8-6-16-3/h9,16H,5-8H2,1-4H3. The first-order chi connectivity index (χ1) is 10.5. The molecule has 0 fully saturated rings. The van der Waals surface area contributed by atoms with Gasteiger partial charge in [0, 0.05) is 38.0 Å². The largest absolute Gasteiger partial charge is 0.344 e. The first-order valence-electron chi connectivity index (χ1n) is 7.29. The fraction of sp³-hybridized carbons (Fsp3) is 0.533. The van der Waals surface area contributed by atoms with Gasteiger partial charge in [-0.05, 0) is 26.5 Å². The molecule has 0 aromatic carbocycles. The van der Waals surface area contributed by atoms with E-state index < -0.39 is 0 Å². The van der Waals surface area contributed by atoms with Gasteiger partial charge in [-0.1, -0.05) is 0 Å². The zero-order valence-corrected chi connectivity index (χ0v) is 14.3. The van der Waals surface area contributed by atoms with E-state index in [0.717, 1.165) is 21.8 Å². The van der Waals surface area contributed by atoms with Crippen molar-refractivity contribution in [1.29, 1.82) is 0 Å². The number of nitrogens with zero attached hydrogens (tertiary/aromatic N) is 3. The van der Waals surface area contributed by atoms with Gasteiger partial charge in [0.2, 0.25) is 5.91 Å².